The third-order valence-electron chi connectivity index (χ3n) is 8.43. The van der Waals surface area contributed by atoms with Gasteiger partial charge in [-0.25, -0.2) is 9.69 Å². The van der Waals surface area contributed by atoms with Gasteiger partial charge in [-0.1, -0.05) is 66.2 Å². The Morgan fingerprint density at radius 2 is 1.19 bits per heavy atom. The van der Waals surface area contributed by atoms with E-state index >= 15 is 0 Å². The number of ketones is 1. The number of hydrogen-bond acceptors (Lipinski definition) is 5. The first-order chi connectivity index (χ1) is 20.2. The van der Waals surface area contributed by atoms with Crippen LogP contribution >= 0.6 is 34.8 Å². The van der Waals surface area contributed by atoms with Crippen LogP contribution in [0.2, 0.25) is 5.02 Å². The number of alkyl halides is 2. The first-order valence-corrected chi connectivity index (χ1v) is 14.3. The summed E-state index contributed by atoms with van der Waals surface area (Å²) >= 11 is 20.8. The van der Waals surface area contributed by atoms with Gasteiger partial charge < -0.3 is 4.74 Å². The molecule has 0 spiro atoms. The Balaban J connectivity index is 1.22. The van der Waals surface area contributed by atoms with Crippen molar-refractivity contribution in [3.8, 4) is 0 Å². The van der Waals surface area contributed by atoms with Crippen molar-refractivity contribution >= 4 is 64.1 Å². The third kappa shape index (κ3) is 3.59. The molecule has 2 atom stereocenters. The van der Waals surface area contributed by atoms with Gasteiger partial charge in [0, 0.05) is 10.6 Å². The molecule has 8 rings (SSSR count). The molecule has 4 aromatic rings. The van der Waals surface area contributed by atoms with E-state index in [1.807, 2.05) is 48.5 Å². The maximum absolute atomic E-state index is 14.2. The van der Waals surface area contributed by atoms with Crippen LogP contribution in [0.1, 0.15) is 43.0 Å². The molecule has 0 aromatic heterocycles. The summed E-state index contributed by atoms with van der Waals surface area (Å²) in [6.07, 6.45) is 0. The Bertz CT molecular complexity index is 1710. The molecular weight excluding hydrogens is 597 g/mol. The fraction of sp³-hybridized carbons (Fsp3) is 0.152. The number of carbonyl (C=O) groups excluding carboxylic acids is 4. The zero-order chi connectivity index (χ0) is 29.4. The summed E-state index contributed by atoms with van der Waals surface area (Å²) in [7, 11) is 0. The largest absolute Gasteiger partial charge is 0.454 e. The molecule has 3 aliphatic carbocycles. The lowest BCUT2D eigenvalue weighted by molar-refractivity contribution is -0.122. The van der Waals surface area contributed by atoms with E-state index in [9.17, 15) is 19.2 Å². The maximum Gasteiger partial charge on any atom is 0.338 e. The highest BCUT2D eigenvalue weighted by atomic mass is 35.5. The smallest absolute Gasteiger partial charge is 0.338 e. The standard InChI is InChI=1S/C33H20Cl3NO5/c34-20-14-12-18(13-15-20)26(38)17-42-31(41)19-6-5-7-21(16-19)37-29(39)27-28(30(37)40)33(36)23-9-2-1-8-22(23)32(27,35)24-10-3-4-11-25(24)33/h1-16,27-28H,17H2/t27-,28-,32?,33?/m0/s1. The number of halogens is 3. The Morgan fingerprint density at radius 1 is 0.690 bits per heavy atom. The quantitative estimate of drug-likeness (QED) is 0.111. The first kappa shape index (κ1) is 26.9. The fourth-order valence-electron chi connectivity index (χ4n) is 6.63. The molecule has 2 amide bonds. The lowest BCUT2D eigenvalue weighted by atomic mass is 9.54. The number of imide groups is 1. The molecule has 208 valence electrons. The third-order valence-corrected chi connectivity index (χ3v) is 9.96. The van der Waals surface area contributed by atoms with E-state index in [4.69, 9.17) is 39.5 Å². The average Bonchev–Trinajstić information content (AvgIpc) is 3.29. The van der Waals surface area contributed by atoms with Gasteiger partial charge in [0.15, 0.2) is 12.4 Å². The summed E-state index contributed by atoms with van der Waals surface area (Å²) in [6.45, 7) is -0.490. The molecule has 9 heteroatoms. The van der Waals surface area contributed by atoms with Crippen LogP contribution in [0.4, 0.5) is 5.69 Å². The number of esters is 1. The van der Waals surface area contributed by atoms with Crippen molar-refractivity contribution in [3.63, 3.8) is 0 Å². The van der Waals surface area contributed by atoms with E-state index in [-0.39, 0.29) is 11.3 Å². The van der Waals surface area contributed by atoms with Crippen molar-refractivity contribution in [1.29, 1.82) is 0 Å². The average molecular weight is 617 g/mol. The molecule has 0 radical (unpaired) electrons. The van der Waals surface area contributed by atoms with Crippen molar-refractivity contribution in [2.75, 3.05) is 11.5 Å². The SMILES string of the molecule is O=C(COC(=O)c1cccc(N2C(=O)[C@@H]3[C@@H](C2=O)C2(Cl)c4ccccc4C3(Cl)c3ccccc32)c1)c1ccc(Cl)cc1. The van der Waals surface area contributed by atoms with Gasteiger partial charge in [0.05, 0.1) is 23.1 Å². The highest BCUT2D eigenvalue weighted by molar-refractivity contribution is 6.38. The number of amides is 2. The van der Waals surface area contributed by atoms with Crippen molar-refractivity contribution in [3.05, 3.63) is 135 Å². The summed E-state index contributed by atoms with van der Waals surface area (Å²) in [6, 6.07) is 27.0. The molecule has 4 aromatic carbocycles. The molecule has 42 heavy (non-hydrogen) atoms. The maximum atomic E-state index is 14.2. The van der Waals surface area contributed by atoms with Crippen LogP contribution in [0, 0.1) is 11.8 Å². The Hall–Kier alpha value is -3.97. The van der Waals surface area contributed by atoms with Crippen molar-refractivity contribution in [1.82, 2.24) is 0 Å². The van der Waals surface area contributed by atoms with Crippen LogP contribution in [0.25, 0.3) is 0 Å². The predicted molar refractivity (Wildman–Crippen MR) is 158 cm³/mol. The molecule has 0 saturated carbocycles. The molecule has 6 nitrogen and oxygen atoms in total. The monoisotopic (exact) mass is 615 g/mol. The van der Waals surface area contributed by atoms with Gasteiger partial charge in [-0.2, -0.15) is 0 Å². The molecule has 1 aliphatic heterocycles. The highest BCUT2D eigenvalue weighted by Gasteiger charge is 2.73. The number of carbonyl (C=O) groups is 4. The number of nitrogens with zero attached hydrogens (tertiary/aromatic N) is 1. The zero-order valence-corrected chi connectivity index (χ0v) is 24.0. The van der Waals surface area contributed by atoms with E-state index in [0.29, 0.717) is 32.8 Å². The zero-order valence-electron chi connectivity index (χ0n) is 21.7. The second-order valence-electron chi connectivity index (χ2n) is 10.5. The summed E-state index contributed by atoms with van der Waals surface area (Å²) in [5.41, 5.74) is 3.41. The van der Waals surface area contributed by atoms with Crippen LogP contribution in [0.3, 0.4) is 0 Å². The van der Waals surface area contributed by atoms with Gasteiger partial charge >= 0.3 is 5.97 Å². The van der Waals surface area contributed by atoms with Gasteiger partial charge in [-0.05, 0) is 64.7 Å². The molecule has 4 aliphatic rings. The second-order valence-corrected chi connectivity index (χ2v) is 12.2. The normalized spacial score (nSPS) is 25.1. The van der Waals surface area contributed by atoms with Gasteiger partial charge in [0.1, 0.15) is 9.75 Å². The lowest BCUT2D eigenvalue weighted by Gasteiger charge is -2.54. The van der Waals surface area contributed by atoms with Gasteiger partial charge in [-0.15, -0.1) is 23.2 Å². The lowest BCUT2D eigenvalue weighted by Crippen LogP contribution is -2.57. The summed E-state index contributed by atoms with van der Waals surface area (Å²) in [5, 5.41) is 0.479. The number of hydrogen-bond donors (Lipinski definition) is 0. The number of ether oxygens (including phenoxy) is 1. The van der Waals surface area contributed by atoms with Crippen LogP contribution < -0.4 is 4.90 Å². The van der Waals surface area contributed by atoms with Crippen molar-refractivity contribution in [2.45, 2.75) is 9.75 Å². The Kier molecular flexibility index (Phi) is 6.10. The van der Waals surface area contributed by atoms with Gasteiger partial charge in [0.2, 0.25) is 11.8 Å². The molecule has 2 bridgehead atoms. The van der Waals surface area contributed by atoms with Crippen molar-refractivity contribution in [2.24, 2.45) is 11.8 Å². The first-order valence-electron chi connectivity index (χ1n) is 13.2. The van der Waals surface area contributed by atoms with Crippen LogP contribution in [-0.4, -0.2) is 30.2 Å². The van der Waals surface area contributed by atoms with E-state index < -0.39 is 51.8 Å². The van der Waals surface area contributed by atoms with Crippen molar-refractivity contribution < 1.29 is 23.9 Å². The fourth-order valence-corrected chi connectivity index (χ4v) is 7.85. The minimum atomic E-state index is -1.31. The highest BCUT2D eigenvalue weighted by Crippen LogP contribution is 2.69. The molecule has 0 unspecified atom stereocenters. The number of Topliss-reactive ketones (excluding diaryl/α,β-unsaturated/α-hetero) is 1. The number of benzene rings is 4. The van der Waals surface area contributed by atoms with Crippen LogP contribution in [0.15, 0.2) is 97.1 Å². The van der Waals surface area contributed by atoms with Gasteiger partial charge in [-0.3, -0.25) is 14.4 Å². The molecule has 1 saturated heterocycles. The summed E-state index contributed by atoms with van der Waals surface area (Å²) < 4.78 is 5.25. The van der Waals surface area contributed by atoms with E-state index in [0.717, 1.165) is 4.90 Å². The van der Waals surface area contributed by atoms with E-state index in [2.05, 4.69) is 0 Å². The minimum Gasteiger partial charge on any atom is -0.454 e. The number of anilines is 1. The van der Waals surface area contributed by atoms with Crippen LogP contribution in [-0.2, 0) is 24.1 Å². The molecular formula is C33H20Cl3NO5. The second kappa shape index (κ2) is 9.53. The summed E-state index contributed by atoms with van der Waals surface area (Å²) in [5.74, 6) is -4.13. The Morgan fingerprint density at radius 3 is 1.69 bits per heavy atom. The van der Waals surface area contributed by atoms with Crippen LogP contribution in [0.5, 0.6) is 0 Å². The Labute approximate surface area is 255 Å². The predicted octanol–water partition coefficient (Wildman–Crippen LogP) is 6.48. The topological polar surface area (TPSA) is 80.8 Å². The molecule has 0 N–H and O–H groups in total. The molecule has 1 fully saturated rings. The summed E-state index contributed by atoms with van der Waals surface area (Å²) in [4.78, 5) is 52.2. The van der Waals surface area contributed by atoms with Gasteiger partial charge in [0.25, 0.3) is 0 Å². The number of rotatable bonds is 5. The van der Waals surface area contributed by atoms with E-state index in [1.165, 1.54) is 12.1 Å². The minimum absolute atomic E-state index is 0.0718. The molecule has 1 heterocycles. The van der Waals surface area contributed by atoms with E-state index in [1.54, 1.807) is 36.4 Å².